The van der Waals surface area contributed by atoms with Crippen LogP contribution in [-0.4, -0.2) is 6.73 Å². The molecule has 3 aromatic rings. The van der Waals surface area contributed by atoms with E-state index in [4.69, 9.17) is 32.4 Å². The average molecular weight is 402 g/mol. The van der Waals surface area contributed by atoms with Gasteiger partial charge in [0.05, 0.1) is 12.1 Å². The molecule has 6 heteroatoms. The van der Waals surface area contributed by atoms with E-state index in [9.17, 15) is 4.79 Å². The van der Waals surface area contributed by atoms with Crippen molar-refractivity contribution in [2.45, 2.75) is 32.2 Å². The van der Waals surface area contributed by atoms with Gasteiger partial charge in [0.2, 0.25) is 0 Å². The van der Waals surface area contributed by atoms with Gasteiger partial charge < -0.3 is 14.1 Å². The summed E-state index contributed by atoms with van der Waals surface area (Å²) < 4.78 is 11.7. The normalized spacial score (nSPS) is 16.0. The quantitative estimate of drug-likeness (QED) is 0.516. The third-order valence-electron chi connectivity index (χ3n) is 5.39. The predicted molar refractivity (Wildman–Crippen MR) is 107 cm³/mol. The summed E-state index contributed by atoms with van der Waals surface area (Å²) in [5.74, 6) is 0.755. The Balaban J connectivity index is 1.65. The van der Waals surface area contributed by atoms with E-state index in [0.717, 1.165) is 59.2 Å². The molecule has 4 nitrogen and oxygen atoms in total. The third-order valence-corrected chi connectivity index (χ3v) is 5.83. The lowest BCUT2D eigenvalue weighted by atomic mass is 9.90. The van der Waals surface area contributed by atoms with Gasteiger partial charge in [-0.2, -0.15) is 0 Å². The molecular formula is C21H17Cl2NO3. The Hall–Kier alpha value is -2.17. The third kappa shape index (κ3) is 2.88. The van der Waals surface area contributed by atoms with E-state index in [2.05, 4.69) is 0 Å². The first kappa shape index (κ1) is 17.0. The fraction of sp³-hybridized carbons (Fsp3) is 0.286. The molecule has 0 amide bonds. The van der Waals surface area contributed by atoms with Crippen LogP contribution in [0.4, 0.5) is 5.69 Å². The molecule has 138 valence electrons. The molecule has 0 atom stereocenters. The van der Waals surface area contributed by atoms with Crippen molar-refractivity contribution in [3.8, 4) is 5.75 Å². The minimum atomic E-state index is -0.214. The zero-order chi connectivity index (χ0) is 18.5. The van der Waals surface area contributed by atoms with E-state index < -0.39 is 0 Å². The van der Waals surface area contributed by atoms with E-state index in [-0.39, 0.29) is 5.63 Å². The molecule has 2 aliphatic rings. The van der Waals surface area contributed by atoms with Gasteiger partial charge >= 0.3 is 5.63 Å². The van der Waals surface area contributed by atoms with Crippen molar-refractivity contribution in [1.29, 1.82) is 0 Å². The Labute approximate surface area is 166 Å². The summed E-state index contributed by atoms with van der Waals surface area (Å²) in [6, 6.07) is 9.41. The molecule has 27 heavy (non-hydrogen) atoms. The van der Waals surface area contributed by atoms with Crippen LogP contribution in [0, 0.1) is 0 Å². The summed E-state index contributed by atoms with van der Waals surface area (Å²) in [7, 11) is 0. The van der Waals surface area contributed by atoms with Crippen LogP contribution in [0.15, 0.2) is 39.5 Å². The molecule has 0 bridgehead atoms. The fourth-order valence-electron chi connectivity index (χ4n) is 4.10. The van der Waals surface area contributed by atoms with Crippen LogP contribution in [0.1, 0.15) is 29.5 Å². The Morgan fingerprint density at radius 2 is 1.67 bits per heavy atom. The van der Waals surface area contributed by atoms with E-state index >= 15 is 0 Å². The number of ether oxygens (including phenoxy) is 1. The number of hydrogen-bond acceptors (Lipinski definition) is 4. The molecular weight excluding hydrogens is 385 g/mol. The number of hydrogen-bond donors (Lipinski definition) is 0. The van der Waals surface area contributed by atoms with Crippen molar-refractivity contribution in [3.63, 3.8) is 0 Å². The van der Waals surface area contributed by atoms with Gasteiger partial charge in [-0.1, -0.05) is 23.2 Å². The molecule has 0 unspecified atom stereocenters. The summed E-state index contributed by atoms with van der Waals surface area (Å²) >= 11 is 12.3. The molecule has 1 aliphatic heterocycles. The number of halogens is 2. The minimum Gasteiger partial charge on any atom is -0.473 e. The van der Waals surface area contributed by atoms with Crippen LogP contribution < -0.4 is 15.3 Å². The first-order chi connectivity index (χ1) is 13.1. The van der Waals surface area contributed by atoms with Crippen molar-refractivity contribution in [3.05, 3.63) is 67.5 Å². The molecule has 5 rings (SSSR count). The van der Waals surface area contributed by atoms with Gasteiger partial charge in [0.1, 0.15) is 11.3 Å². The fourth-order valence-corrected chi connectivity index (χ4v) is 4.62. The number of anilines is 1. The second-order valence-corrected chi connectivity index (χ2v) is 7.94. The van der Waals surface area contributed by atoms with Gasteiger partial charge in [0.15, 0.2) is 6.73 Å². The maximum Gasteiger partial charge on any atom is 0.339 e. The summed E-state index contributed by atoms with van der Waals surface area (Å²) in [4.78, 5) is 14.6. The maximum atomic E-state index is 12.5. The molecule has 0 saturated heterocycles. The maximum absolute atomic E-state index is 12.5. The van der Waals surface area contributed by atoms with E-state index in [0.29, 0.717) is 28.9 Å². The highest BCUT2D eigenvalue weighted by molar-refractivity contribution is 6.35. The first-order valence-electron chi connectivity index (χ1n) is 9.04. The highest BCUT2D eigenvalue weighted by atomic mass is 35.5. The second-order valence-electron chi connectivity index (χ2n) is 7.07. The van der Waals surface area contributed by atoms with Gasteiger partial charge in [0.25, 0.3) is 0 Å². The molecule has 2 heterocycles. The van der Waals surface area contributed by atoms with Crippen molar-refractivity contribution in [1.82, 2.24) is 0 Å². The van der Waals surface area contributed by atoms with Gasteiger partial charge in [-0.25, -0.2) is 4.79 Å². The Bertz CT molecular complexity index is 1100. The molecule has 1 aromatic heterocycles. The number of benzene rings is 2. The molecule has 1 aliphatic carbocycles. The highest BCUT2D eigenvalue weighted by Crippen LogP contribution is 2.37. The van der Waals surface area contributed by atoms with Gasteiger partial charge in [-0.15, -0.1) is 0 Å². The van der Waals surface area contributed by atoms with Gasteiger partial charge in [-0.3, -0.25) is 0 Å². The summed E-state index contributed by atoms with van der Waals surface area (Å²) in [5.41, 5.74) is 4.16. The monoisotopic (exact) mass is 401 g/mol. The van der Waals surface area contributed by atoms with Crippen LogP contribution in [0.25, 0.3) is 11.0 Å². The lowest BCUT2D eigenvalue weighted by Gasteiger charge is -2.31. The molecule has 2 aromatic carbocycles. The predicted octanol–water partition coefficient (Wildman–Crippen LogP) is 5.34. The van der Waals surface area contributed by atoms with Crippen LogP contribution in [0.3, 0.4) is 0 Å². The first-order valence-corrected chi connectivity index (χ1v) is 9.80. The standard InChI is InChI=1S/C21H17Cl2NO3/c22-12-7-13(23)9-14(8-12)24-10-18-19(26-11-24)6-5-16-15-3-1-2-4-17(15)21(25)27-20(16)18/h5-9H,1-4,10-11H2. The lowest BCUT2D eigenvalue weighted by molar-refractivity contribution is 0.289. The van der Waals surface area contributed by atoms with Gasteiger partial charge in [0, 0.05) is 26.7 Å². The lowest BCUT2D eigenvalue weighted by Crippen LogP contribution is -2.32. The van der Waals surface area contributed by atoms with Crippen LogP contribution in [0.5, 0.6) is 5.75 Å². The number of rotatable bonds is 1. The number of aryl methyl sites for hydroxylation is 1. The van der Waals surface area contributed by atoms with E-state index in [1.54, 1.807) is 6.07 Å². The zero-order valence-corrected chi connectivity index (χ0v) is 16.1. The van der Waals surface area contributed by atoms with Crippen LogP contribution in [0.2, 0.25) is 10.0 Å². The zero-order valence-electron chi connectivity index (χ0n) is 14.6. The second kappa shape index (κ2) is 6.47. The molecule has 0 fully saturated rings. The average Bonchev–Trinajstić information content (AvgIpc) is 2.67. The van der Waals surface area contributed by atoms with E-state index in [1.807, 2.05) is 29.2 Å². The minimum absolute atomic E-state index is 0.214. The topological polar surface area (TPSA) is 42.7 Å². The van der Waals surface area contributed by atoms with E-state index in [1.165, 1.54) is 0 Å². The number of fused-ring (bicyclic) bond motifs is 5. The Morgan fingerprint density at radius 1 is 0.926 bits per heavy atom. The largest absolute Gasteiger partial charge is 0.473 e. The smallest absolute Gasteiger partial charge is 0.339 e. The molecule has 0 spiro atoms. The number of nitrogens with zero attached hydrogens (tertiary/aromatic N) is 1. The Kier molecular flexibility index (Phi) is 4.06. The van der Waals surface area contributed by atoms with Crippen molar-refractivity contribution in [2.24, 2.45) is 0 Å². The summed E-state index contributed by atoms with van der Waals surface area (Å²) in [6.45, 7) is 0.940. The Morgan fingerprint density at radius 3 is 2.44 bits per heavy atom. The summed E-state index contributed by atoms with van der Waals surface area (Å²) in [6.07, 6.45) is 3.87. The summed E-state index contributed by atoms with van der Waals surface area (Å²) in [5, 5.41) is 2.17. The van der Waals surface area contributed by atoms with Crippen molar-refractivity contribution >= 4 is 39.9 Å². The van der Waals surface area contributed by atoms with Crippen molar-refractivity contribution < 1.29 is 9.15 Å². The highest BCUT2D eigenvalue weighted by Gasteiger charge is 2.25. The van der Waals surface area contributed by atoms with Crippen molar-refractivity contribution in [2.75, 3.05) is 11.6 Å². The molecule has 0 N–H and O–H groups in total. The van der Waals surface area contributed by atoms with Crippen LogP contribution >= 0.6 is 23.2 Å². The van der Waals surface area contributed by atoms with Crippen LogP contribution in [-0.2, 0) is 19.4 Å². The molecule has 0 radical (unpaired) electrons. The molecule has 0 saturated carbocycles. The SMILES string of the molecule is O=c1oc2c3c(ccc2c2c1CCCC2)OCN(c1cc(Cl)cc(Cl)c1)C3. The van der Waals surface area contributed by atoms with Gasteiger partial charge in [-0.05, 0) is 61.6 Å².